The largest absolute Gasteiger partial charge is 0.411 e. The van der Waals surface area contributed by atoms with E-state index in [0.29, 0.717) is 11.6 Å². The Bertz CT molecular complexity index is 645. The lowest BCUT2D eigenvalue weighted by Crippen LogP contribution is -2.55. The number of alkyl halides is 6. The van der Waals surface area contributed by atoms with Crippen molar-refractivity contribution < 1.29 is 26.3 Å². The summed E-state index contributed by atoms with van der Waals surface area (Å²) in [4.78, 5) is 0. The Morgan fingerprint density at radius 1 is 1.04 bits per heavy atom. The first-order chi connectivity index (χ1) is 10.9. The van der Waals surface area contributed by atoms with Gasteiger partial charge in [-0.25, -0.2) is 0 Å². The summed E-state index contributed by atoms with van der Waals surface area (Å²) in [5.74, 6) is 0. The van der Waals surface area contributed by atoms with Gasteiger partial charge >= 0.3 is 12.4 Å². The smallest absolute Gasteiger partial charge is 0.169 e. The minimum Gasteiger partial charge on any atom is -0.169 e. The Hall–Kier alpha value is -1.98. The van der Waals surface area contributed by atoms with E-state index in [1.165, 1.54) is 39.0 Å². The summed E-state index contributed by atoms with van der Waals surface area (Å²) in [6.07, 6.45) is -8.26. The molecule has 0 saturated heterocycles. The van der Waals surface area contributed by atoms with Crippen LogP contribution in [0.15, 0.2) is 60.2 Å². The van der Waals surface area contributed by atoms with Gasteiger partial charge in [-0.1, -0.05) is 60.2 Å². The van der Waals surface area contributed by atoms with E-state index < -0.39 is 28.9 Å². The highest BCUT2D eigenvalue weighted by atomic mass is 19.4. The predicted molar refractivity (Wildman–Crippen MR) is 82.7 cm³/mol. The summed E-state index contributed by atoms with van der Waals surface area (Å²) in [5.41, 5.74) is -5.40. The van der Waals surface area contributed by atoms with Crippen LogP contribution in [0.1, 0.15) is 25.0 Å². The molecule has 132 valence electrons. The Balaban J connectivity index is 4.00. The molecule has 0 heterocycles. The molecule has 0 saturated carbocycles. The highest BCUT2D eigenvalue weighted by Crippen LogP contribution is 2.56. The third-order valence-corrected chi connectivity index (χ3v) is 3.79. The van der Waals surface area contributed by atoms with Crippen molar-refractivity contribution in [2.45, 2.75) is 38.5 Å². The Morgan fingerprint density at radius 3 is 1.96 bits per heavy atom. The molecule has 0 N–H and O–H groups in total. The third kappa shape index (κ3) is 3.42. The molecule has 0 unspecified atom stereocenters. The molecule has 0 aliphatic carbocycles. The molecule has 0 radical (unpaired) electrons. The lowest BCUT2D eigenvalue weighted by molar-refractivity contribution is -0.288. The monoisotopic (exact) mass is 348 g/mol. The van der Waals surface area contributed by atoms with Crippen LogP contribution in [0.4, 0.5) is 26.3 Å². The van der Waals surface area contributed by atoms with Crippen molar-refractivity contribution in [1.29, 1.82) is 0 Å². The van der Waals surface area contributed by atoms with Crippen LogP contribution in [0.3, 0.4) is 0 Å². The molecular formula is C18H18F6. The fourth-order valence-corrected chi connectivity index (χ4v) is 2.51. The molecule has 1 aromatic rings. The van der Waals surface area contributed by atoms with Crippen LogP contribution in [0.5, 0.6) is 0 Å². The van der Waals surface area contributed by atoms with Crippen molar-refractivity contribution in [3.8, 4) is 0 Å². The summed E-state index contributed by atoms with van der Waals surface area (Å²) in [6, 6.07) is 4.37. The standard InChI is InChI=1S/C18H18F6/c1-5-12(3)10-14(6-2)16(17(19,20)21,18(22,23)24)15-9-7-8-13(4)11-15/h5-11H,2H2,1,3-4H3/b12-5-,14-10+. The van der Waals surface area contributed by atoms with Crippen molar-refractivity contribution >= 4 is 0 Å². The zero-order chi connectivity index (χ0) is 18.8. The summed E-state index contributed by atoms with van der Waals surface area (Å²) in [5, 5.41) is 0. The van der Waals surface area contributed by atoms with E-state index in [2.05, 4.69) is 6.58 Å². The van der Waals surface area contributed by atoms with Crippen LogP contribution >= 0.6 is 0 Å². The lowest BCUT2D eigenvalue weighted by atomic mass is 9.71. The van der Waals surface area contributed by atoms with E-state index in [4.69, 9.17) is 0 Å². The van der Waals surface area contributed by atoms with Gasteiger partial charge in [0.15, 0.2) is 0 Å². The molecule has 0 atom stereocenters. The van der Waals surface area contributed by atoms with Gasteiger partial charge in [0.2, 0.25) is 5.41 Å². The summed E-state index contributed by atoms with van der Waals surface area (Å²) in [6.45, 7) is 7.59. The number of hydrogen-bond acceptors (Lipinski definition) is 0. The van der Waals surface area contributed by atoms with Crippen molar-refractivity contribution in [1.82, 2.24) is 0 Å². The molecule has 1 rings (SSSR count). The number of halogens is 6. The Morgan fingerprint density at radius 2 is 1.58 bits per heavy atom. The van der Waals surface area contributed by atoms with Crippen LogP contribution in [0, 0.1) is 6.92 Å². The SMILES string of the molecule is C=C/C(=C\C(C)=C/C)C(c1cccc(C)c1)(C(F)(F)F)C(F)(F)F. The molecule has 24 heavy (non-hydrogen) atoms. The molecule has 0 spiro atoms. The van der Waals surface area contributed by atoms with E-state index in [-0.39, 0.29) is 5.57 Å². The van der Waals surface area contributed by atoms with Gasteiger partial charge in [-0.05, 0) is 31.9 Å². The van der Waals surface area contributed by atoms with Crippen LogP contribution in [-0.4, -0.2) is 12.4 Å². The maximum Gasteiger partial charge on any atom is 0.411 e. The van der Waals surface area contributed by atoms with Crippen molar-refractivity contribution in [3.63, 3.8) is 0 Å². The zero-order valence-electron chi connectivity index (χ0n) is 13.5. The molecule has 0 nitrogen and oxygen atoms in total. The molecule has 1 aromatic carbocycles. The zero-order valence-corrected chi connectivity index (χ0v) is 13.5. The van der Waals surface area contributed by atoms with Gasteiger partial charge in [0.05, 0.1) is 0 Å². The van der Waals surface area contributed by atoms with Crippen LogP contribution in [0.2, 0.25) is 0 Å². The maximum absolute atomic E-state index is 13.9. The first-order valence-corrected chi connectivity index (χ1v) is 7.10. The molecular weight excluding hydrogens is 330 g/mol. The topological polar surface area (TPSA) is 0 Å². The fourth-order valence-electron chi connectivity index (χ4n) is 2.51. The van der Waals surface area contributed by atoms with Gasteiger partial charge in [0.1, 0.15) is 0 Å². The van der Waals surface area contributed by atoms with Crippen molar-refractivity contribution in [2.75, 3.05) is 0 Å². The van der Waals surface area contributed by atoms with Gasteiger partial charge in [0, 0.05) is 0 Å². The minimum atomic E-state index is -5.59. The average Bonchev–Trinajstić information content (AvgIpc) is 2.43. The second kappa shape index (κ2) is 6.87. The van der Waals surface area contributed by atoms with E-state index in [1.807, 2.05) is 0 Å². The van der Waals surface area contributed by atoms with Gasteiger partial charge in [-0.2, -0.15) is 26.3 Å². The molecule has 0 aromatic heterocycles. The van der Waals surface area contributed by atoms with Crippen LogP contribution < -0.4 is 0 Å². The molecule has 0 amide bonds. The normalized spacial score (nSPS) is 14.7. The van der Waals surface area contributed by atoms with E-state index in [0.717, 1.165) is 18.2 Å². The summed E-state index contributed by atoms with van der Waals surface area (Å²) in [7, 11) is 0. The first-order valence-electron chi connectivity index (χ1n) is 7.10. The van der Waals surface area contributed by atoms with Gasteiger partial charge in [0.25, 0.3) is 0 Å². The van der Waals surface area contributed by atoms with Gasteiger partial charge in [-0.3, -0.25) is 0 Å². The Kier molecular flexibility index (Phi) is 5.74. The molecule has 0 aliphatic rings. The van der Waals surface area contributed by atoms with Crippen LogP contribution in [0.25, 0.3) is 0 Å². The second-order valence-corrected chi connectivity index (χ2v) is 5.45. The summed E-state index contributed by atoms with van der Waals surface area (Å²) < 4.78 is 83.1. The Labute approximate surface area is 137 Å². The lowest BCUT2D eigenvalue weighted by Gasteiger charge is -2.39. The van der Waals surface area contributed by atoms with E-state index in [1.54, 1.807) is 0 Å². The van der Waals surface area contributed by atoms with Gasteiger partial charge in [-0.15, -0.1) is 0 Å². The van der Waals surface area contributed by atoms with Gasteiger partial charge < -0.3 is 0 Å². The highest BCUT2D eigenvalue weighted by Gasteiger charge is 2.72. The molecule has 0 fully saturated rings. The number of hydrogen-bond donors (Lipinski definition) is 0. The molecule has 0 aliphatic heterocycles. The molecule has 0 bridgehead atoms. The number of aryl methyl sites for hydroxylation is 1. The number of rotatable bonds is 4. The average molecular weight is 348 g/mol. The molecule has 6 heteroatoms. The van der Waals surface area contributed by atoms with Crippen molar-refractivity contribution in [2.24, 2.45) is 0 Å². The van der Waals surface area contributed by atoms with Crippen LogP contribution in [-0.2, 0) is 5.41 Å². The second-order valence-electron chi connectivity index (χ2n) is 5.45. The summed E-state index contributed by atoms with van der Waals surface area (Å²) >= 11 is 0. The first kappa shape index (κ1) is 20.1. The van der Waals surface area contributed by atoms with E-state index in [9.17, 15) is 26.3 Å². The van der Waals surface area contributed by atoms with Crippen molar-refractivity contribution in [3.05, 3.63) is 71.3 Å². The van der Waals surface area contributed by atoms with E-state index >= 15 is 0 Å². The maximum atomic E-state index is 13.9. The third-order valence-electron chi connectivity index (χ3n) is 3.79. The minimum absolute atomic E-state index is 0.274. The fraction of sp³-hybridized carbons (Fsp3) is 0.333. The number of allylic oxidation sites excluding steroid dienone is 5. The highest BCUT2D eigenvalue weighted by molar-refractivity contribution is 5.49. The predicted octanol–water partition coefficient (Wildman–Crippen LogP) is 6.44. The quantitative estimate of drug-likeness (QED) is 0.434. The number of benzene rings is 1.